The van der Waals surface area contributed by atoms with E-state index in [9.17, 15) is 0 Å². The zero-order valence-corrected chi connectivity index (χ0v) is 10.9. The molecule has 2 aromatic rings. The van der Waals surface area contributed by atoms with E-state index in [2.05, 4.69) is 5.32 Å². The van der Waals surface area contributed by atoms with Crippen LogP contribution < -0.4 is 14.8 Å². The molecule has 100 valence electrons. The normalized spacial score (nSPS) is 17.6. The second-order valence-electron chi connectivity index (χ2n) is 4.55. The largest absolute Gasteiger partial charge is 0.497 e. The molecule has 1 aromatic heterocycles. The van der Waals surface area contributed by atoms with Crippen LogP contribution in [-0.2, 0) is 6.54 Å². The molecule has 3 rings (SSSR count). The minimum absolute atomic E-state index is 0.268. The van der Waals surface area contributed by atoms with E-state index in [0.29, 0.717) is 6.54 Å². The first-order valence-corrected chi connectivity index (χ1v) is 6.43. The van der Waals surface area contributed by atoms with Gasteiger partial charge in [-0.05, 0) is 30.3 Å². The average Bonchev–Trinajstić information content (AvgIpc) is 2.97. The van der Waals surface area contributed by atoms with Gasteiger partial charge in [-0.1, -0.05) is 0 Å². The minimum atomic E-state index is 0.268. The van der Waals surface area contributed by atoms with Crippen LogP contribution in [0, 0.1) is 0 Å². The standard InChI is InChI=1S/C15H17NO3/c1-17-11-4-5-15-13(9-11)14(6-8-19-15)16-10-12-3-2-7-18-12/h2-5,7,9,14,16H,6,8,10H2,1H3. The summed E-state index contributed by atoms with van der Waals surface area (Å²) < 4.78 is 16.3. The Balaban J connectivity index is 1.77. The predicted octanol–water partition coefficient (Wildman–Crippen LogP) is 2.90. The Hall–Kier alpha value is -1.94. The Kier molecular flexibility index (Phi) is 3.42. The van der Waals surface area contributed by atoms with Crippen molar-refractivity contribution in [3.05, 3.63) is 47.9 Å². The summed E-state index contributed by atoms with van der Waals surface area (Å²) in [6, 6.07) is 10.1. The van der Waals surface area contributed by atoms with Crippen LogP contribution in [0.15, 0.2) is 41.0 Å². The lowest BCUT2D eigenvalue weighted by Crippen LogP contribution is -2.26. The fourth-order valence-electron chi connectivity index (χ4n) is 2.35. The average molecular weight is 259 g/mol. The number of fused-ring (bicyclic) bond motifs is 1. The van der Waals surface area contributed by atoms with Gasteiger partial charge in [0.1, 0.15) is 17.3 Å². The van der Waals surface area contributed by atoms with Crippen LogP contribution in [0.3, 0.4) is 0 Å². The quantitative estimate of drug-likeness (QED) is 0.917. The summed E-state index contributed by atoms with van der Waals surface area (Å²) in [7, 11) is 1.68. The second kappa shape index (κ2) is 5.36. The highest BCUT2D eigenvalue weighted by molar-refractivity contribution is 5.43. The summed E-state index contributed by atoms with van der Waals surface area (Å²) in [6.07, 6.45) is 2.64. The van der Waals surface area contributed by atoms with E-state index in [-0.39, 0.29) is 6.04 Å². The van der Waals surface area contributed by atoms with Gasteiger partial charge >= 0.3 is 0 Å². The van der Waals surface area contributed by atoms with Crippen molar-refractivity contribution in [2.24, 2.45) is 0 Å². The molecule has 1 aliphatic heterocycles. The molecule has 0 amide bonds. The van der Waals surface area contributed by atoms with Crippen LogP contribution in [0.1, 0.15) is 23.8 Å². The fourth-order valence-corrected chi connectivity index (χ4v) is 2.35. The molecular weight excluding hydrogens is 242 g/mol. The predicted molar refractivity (Wildman–Crippen MR) is 71.4 cm³/mol. The van der Waals surface area contributed by atoms with E-state index in [4.69, 9.17) is 13.9 Å². The highest BCUT2D eigenvalue weighted by Gasteiger charge is 2.21. The van der Waals surface area contributed by atoms with Gasteiger partial charge in [0.2, 0.25) is 0 Å². The van der Waals surface area contributed by atoms with Gasteiger partial charge in [0.25, 0.3) is 0 Å². The van der Waals surface area contributed by atoms with E-state index in [1.807, 2.05) is 30.3 Å². The summed E-state index contributed by atoms with van der Waals surface area (Å²) >= 11 is 0. The molecule has 0 aliphatic carbocycles. The maximum atomic E-state index is 5.67. The topological polar surface area (TPSA) is 43.6 Å². The number of methoxy groups -OCH3 is 1. The molecule has 4 heteroatoms. The first-order valence-electron chi connectivity index (χ1n) is 6.43. The van der Waals surface area contributed by atoms with Gasteiger partial charge in [-0.15, -0.1) is 0 Å². The number of hydrogen-bond acceptors (Lipinski definition) is 4. The summed E-state index contributed by atoms with van der Waals surface area (Å²) in [5.74, 6) is 2.73. The van der Waals surface area contributed by atoms with E-state index >= 15 is 0 Å². The van der Waals surface area contributed by atoms with Crippen LogP contribution in [0.5, 0.6) is 11.5 Å². The molecule has 0 fully saturated rings. The van der Waals surface area contributed by atoms with Gasteiger partial charge in [-0.25, -0.2) is 0 Å². The Labute approximate surface area is 112 Å². The molecule has 1 N–H and O–H groups in total. The fraction of sp³-hybridized carbons (Fsp3) is 0.333. The van der Waals surface area contributed by atoms with Gasteiger partial charge in [-0.3, -0.25) is 0 Å². The van der Waals surface area contributed by atoms with Crippen molar-refractivity contribution in [3.63, 3.8) is 0 Å². The zero-order valence-electron chi connectivity index (χ0n) is 10.9. The molecule has 0 saturated heterocycles. The van der Waals surface area contributed by atoms with E-state index in [1.165, 1.54) is 0 Å². The third-order valence-electron chi connectivity index (χ3n) is 3.36. The molecular formula is C15H17NO3. The van der Waals surface area contributed by atoms with Crippen molar-refractivity contribution in [3.8, 4) is 11.5 Å². The van der Waals surface area contributed by atoms with Crippen molar-refractivity contribution in [2.75, 3.05) is 13.7 Å². The number of rotatable bonds is 4. The summed E-state index contributed by atoms with van der Waals surface area (Å²) in [4.78, 5) is 0. The number of ether oxygens (including phenoxy) is 2. The minimum Gasteiger partial charge on any atom is -0.497 e. The molecule has 1 aliphatic rings. The zero-order chi connectivity index (χ0) is 13.1. The van der Waals surface area contributed by atoms with Crippen LogP contribution in [0.4, 0.5) is 0 Å². The Morgan fingerprint density at radius 3 is 3.11 bits per heavy atom. The molecule has 19 heavy (non-hydrogen) atoms. The summed E-state index contributed by atoms with van der Waals surface area (Å²) in [5.41, 5.74) is 1.15. The van der Waals surface area contributed by atoms with Crippen molar-refractivity contribution in [2.45, 2.75) is 19.0 Å². The Morgan fingerprint density at radius 2 is 2.32 bits per heavy atom. The molecule has 0 saturated carbocycles. The third kappa shape index (κ3) is 2.58. The van der Waals surface area contributed by atoms with Crippen molar-refractivity contribution in [1.29, 1.82) is 0 Å². The molecule has 0 spiro atoms. The molecule has 1 aromatic carbocycles. The monoisotopic (exact) mass is 259 g/mol. The highest BCUT2D eigenvalue weighted by atomic mass is 16.5. The molecule has 4 nitrogen and oxygen atoms in total. The summed E-state index contributed by atoms with van der Waals surface area (Å²) in [5, 5.41) is 3.50. The van der Waals surface area contributed by atoms with Crippen LogP contribution in [0.25, 0.3) is 0 Å². The molecule has 0 bridgehead atoms. The van der Waals surface area contributed by atoms with Crippen LogP contribution in [-0.4, -0.2) is 13.7 Å². The molecule has 0 radical (unpaired) electrons. The first kappa shape index (κ1) is 12.1. The lowest BCUT2D eigenvalue weighted by molar-refractivity contribution is 0.249. The smallest absolute Gasteiger partial charge is 0.124 e. The van der Waals surface area contributed by atoms with Crippen molar-refractivity contribution >= 4 is 0 Å². The van der Waals surface area contributed by atoms with Gasteiger partial charge < -0.3 is 19.2 Å². The van der Waals surface area contributed by atoms with E-state index < -0.39 is 0 Å². The Morgan fingerprint density at radius 1 is 1.37 bits per heavy atom. The van der Waals surface area contributed by atoms with Gasteiger partial charge in [-0.2, -0.15) is 0 Å². The first-order chi connectivity index (χ1) is 9.36. The van der Waals surface area contributed by atoms with Gasteiger partial charge in [0, 0.05) is 18.0 Å². The van der Waals surface area contributed by atoms with Crippen molar-refractivity contribution < 1.29 is 13.9 Å². The Bertz CT molecular complexity index is 536. The number of benzene rings is 1. The lowest BCUT2D eigenvalue weighted by atomic mass is 10.00. The number of furan rings is 1. The maximum absolute atomic E-state index is 5.67. The second-order valence-corrected chi connectivity index (χ2v) is 4.55. The van der Waals surface area contributed by atoms with Gasteiger partial charge in [0.15, 0.2) is 0 Å². The number of hydrogen-bond donors (Lipinski definition) is 1. The highest BCUT2D eigenvalue weighted by Crippen LogP contribution is 2.34. The van der Waals surface area contributed by atoms with E-state index in [1.54, 1.807) is 13.4 Å². The lowest BCUT2D eigenvalue weighted by Gasteiger charge is -2.27. The summed E-state index contributed by atoms with van der Waals surface area (Å²) in [6.45, 7) is 1.45. The molecule has 1 atom stereocenters. The molecule has 1 unspecified atom stereocenters. The van der Waals surface area contributed by atoms with Gasteiger partial charge in [0.05, 0.1) is 26.5 Å². The van der Waals surface area contributed by atoms with E-state index in [0.717, 1.165) is 35.9 Å². The SMILES string of the molecule is COc1ccc2c(c1)C(NCc1ccco1)CCO2. The van der Waals surface area contributed by atoms with Crippen LogP contribution >= 0.6 is 0 Å². The van der Waals surface area contributed by atoms with Crippen LogP contribution in [0.2, 0.25) is 0 Å². The molecule has 2 heterocycles. The third-order valence-corrected chi connectivity index (χ3v) is 3.36. The maximum Gasteiger partial charge on any atom is 0.124 e. The number of nitrogens with one attached hydrogen (secondary N) is 1. The van der Waals surface area contributed by atoms with Crippen molar-refractivity contribution in [1.82, 2.24) is 5.32 Å².